The van der Waals surface area contributed by atoms with Gasteiger partial charge < -0.3 is 14.5 Å². The molecule has 0 aliphatic rings. The van der Waals surface area contributed by atoms with Gasteiger partial charge in [0.25, 0.3) is 11.8 Å². The van der Waals surface area contributed by atoms with Gasteiger partial charge in [0.1, 0.15) is 6.04 Å². The number of aromatic nitrogens is 1. The maximum Gasteiger partial charge on any atom is 0.329 e. The van der Waals surface area contributed by atoms with E-state index < -0.39 is 29.9 Å². The molecule has 8 nitrogen and oxygen atoms in total. The fraction of sp³-hybridized carbons (Fsp3) is 0.273. The number of anilines is 1. The molecule has 31 heavy (non-hydrogen) atoms. The highest BCUT2D eigenvalue weighted by atomic mass is 32.1. The number of rotatable bonds is 8. The van der Waals surface area contributed by atoms with Crippen molar-refractivity contribution in [2.24, 2.45) is 0 Å². The molecule has 0 saturated carbocycles. The van der Waals surface area contributed by atoms with Crippen molar-refractivity contribution < 1.29 is 23.5 Å². The lowest BCUT2D eigenvalue weighted by Crippen LogP contribution is -2.42. The van der Waals surface area contributed by atoms with Gasteiger partial charge in [-0.2, -0.15) is 0 Å². The minimum Gasteiger partial charge on any atom is -0.459 e. The van der Waals surface area contributed by atoms with Gasteiger partial charge in [0, 0.05) is 10.9 Å². The van der Waals surface area contributed by atoms with Crippen molar-refractivity contribution in [2.75, 3.05) is 5.32 Å². The van der Waals surface area contributed by atoms with E-state index in [1.807, 2.05) is 29.6 Å². The maximum absolute atomic E-state index is 12.4. The second kappa shape index (κ2) is 10.0. The Morgan fingerprint density at radius 3 is 2.55 bits per heavy atom. The summed E-state index contributed by atoms with van der Waals surface area (Å²) in [4.78, 5) is 40.9. The maximum atomic E-state index is 12.4. The zero-order valence-corrected chi connectivity index (χ0v) is 18.2. The molecule has 2 amide bonds. The van der Waals surface area contributed by atoms with Crippen LogP contribution in [0.4, 0.5) is 5.13 Å². The molecule has 2 atom stereocenters. The van der Waals surface area contributed by atoms with Gasteiger partial charge in [0.15, 0.2) is 17.0 Å². The Kier molecular flexibility index (Phi) is 7.19. The Morgan fingerprint density at radius 2 is 1.90 bits per heavy atom. The van der Waals surface area contributed by atoms with Crippen LogP contribution >= 0.6 is 11.3 Å². The van der Waals surface area contributed by atoms with Crippen LogP contribution in [0.3, 0.4) is 0 Å². The van der Waals surface area contributed by atoms with Crippen molar-refractivity contribution in [3.8, 4) is 11.3 Å². The minimum atomic E-state index is -1.06. The quantitative estimate of drug-likeness (QED) is 0.516. The minimum absolute atomic E-state index is 0.0781. The van der Waals surface area contributed by atoms with E-state index in [-0.39, 0.29) is 5.76 Å². The summed E-state index contributed by atoms with van der Waals surface area (Å²) in [5, 5.41) is 7.36. The monoisotopic (exact) mass is 441 g/mol. The first-order chi connectivity index (χ1) is 14.9. The predicted molar refractivity (Wildman–Crippen MR) is 117 cm³/mol. The van der Waals surface area contributed by atoms with Crippen LogP contribution in [0.25, 0.3) is 11.3 Å². The number of carbonyl (C=O) groups is 3. The van der Waals surface area contributed by atoms with E-state index in [1.165, 1.54) is 43.1 Å². The van der Waals surface area contributed by atoms with Gasteiger partial charge in [-0.05, 0) is 38.0 Å². The largest absolute Gasteiger partial charge is 0.459 e. The van der Waals surface area contributed by atoms with E-state index in [0.717, 1.165) is 17.7 Å². The molecule has 3 rings (SSSR count). The van der Waals surface area contributed by atoms with Gasteiger partial charge in [-0.3, -0.25) is 14.9 Å². The number of hydrogen-bond donors (Lipinski definition) is 2. The summed E-state index contributed by atoms with van der Waals surface area (Å²) in [6.07, 6.45) is 1.25. The average Bonchev–Trinajstić information content (AvgIpc) is 3.46. The van der Waals surface area contributed by atoms with Crippen molar-refractivity contribution in [1.29, 1.82) is 0 Å². The number of nitrogens with zero attached hydrogens (tertiary/aromatic N) is 1. The van der Waals surface area contributed by atoms with Gasteiger partial charge in [-0.15, -0.1) is 11.3 Å². The number of ether oxygens (including phenoxy) is 1. The average molecular weight is 442 g/mol. The van der Waals surface area contributed by atoms with E-state index in [9.17, 15) is 14.4 Å². The third-order valence-electron chi connectivity index (χ3n) is 4.50. The molecular formula is C22H23N3O5S. The Bertz CT molecular complexity index is 1040. The summed E-state index contributed by atoms with van der Waals surface area (Å²) < 4.78 is 10.1. The molecule has 9 heteroatoms. The van der Waals surface area contributed by atoms with Crippen molar-refractivity contribution >= 4 is 34.3 Å². The fourth-order valence-corrected chi connectivity index (χ4v) is 3.37. The van der Waals surface area contributed by atoms with E-state index in [1.54, 1.807) is 6.07 Å². The summed E-state index contributed by atoms with van der Waals surface area (Å²) >= 11 is 1.28. The highest BCUT2D eigenvalue weighted by Crippen LogP contribution is 2.25. The number of esters is 1. The standard InChI is InChI=1S/C22H23N3O5S/c1-4-15-7-9-16(10-8-15)17-12-31-22(24-17)25-19(26)14(3)30-21(28)13(2)23-20(27)18-6-5-11-29-18/h5-14H,4H2,1-3H3,(H,23,27)(H,24,25,26)/t13-,14+/m0/s1. The van der Waals surface area contributed by atoms with E-state index >= 15 is 0 Å². The summed E-state index contributed by atoms with van der Waals surface area (Å²) in [6, 6.07) is 10.1. The third-order valence-corrected chi connectivity index (χ3v) is 5.26. The molecular weight excluding hydrogens is 418 g/mol. The summed E-state index contributed by atoms with van der Waals surface area (Å²) in [5.74, 6) is -1.72. The number of amides is 2. The first-order valence-corrected chi connectivity index (χ1v) is 10.7. The normalized spacial score (nSPS) is 12.6. The van der Waals surface area contributed by atoms with E-state index in [4.69, 9.17) is 9.15 Å². The van der Waals surface area contributed by atoms with Gasteiger partial charge in [0.2, 0.25) is 0 Å². The summed E-state index contributed by atoms with van der Waals surface area (Å²) in [5.41, 5.74) is 2.94. The number of benzene rings is 1. The topological polar surface area (TPSA) is 111 Å². The molecule has 0 spiro atoms. The van der Waals surface area contributed by atoms with E-state index in [0.29, 0.717) is 5.13 Å². The van der Waals surface area contributed by atoms with Gasteiger partial charge in [-0.25, -0.2) is 9.78 Å². The summed E-state index contributed by atoms with van der Waals surface area (Å²) in [7, 11) is 0. The Labute approximate surface area is 183 Å². The number of nitrogens with one attached hydrogen (secondary N) is 2. The highest BCUT2D eigenvalue weighted by Gasteiger charge is 2.24. The lowest BCUT2D eigenvalue weighted by molar-refractivity contribution is -0.154. The summed E-state index contributed by atoms with van der Waals surface area (Å²) in [6.45, 7) is 5.00. The van der Waals surface area contributed by atoms with Crippen LogP contribution in [0, 0.1) is 0 Å². The molecule has 2 N–H and O–H groups in total. The third kappa shape index (κ3) is 5.79. The van der Waals surface area contributed by atoms with Crippen molar-refractivity contribution in [3.63, 3.8) is 0 Å². The van der Waals surface area contributed by atoms with Gasteiger partial charge in [-0.1, -0.05) is 31.2 Å². The number of thiazole rings is 1. The first-order valence-electron chi connectivity index (χ1n) is 9.78. The highest BCUT2D eigenvalue weighted by molar-refractivity contribution is 7.14. The molecule has 2 heterocycles. The number of hydrogen-bond acceptors (Lipinski definition) is 7. The van der Waals surface area contributed by atoms with Crippen molar-refractivity contribution in [1.82, 2.24) is 10.3 Å². The Balaban J connectivity index is 1.52. The molecule has 0 bridgehead atoms. The molecule has 0 unspecified atom stereocenters. The molecule has 2 aromatic heterocycles. The SMILES string of the molecule is CCc1ccc(-c2csc(NC(=O)[C@@H](C)OC(=O)[C@H](C)NC(=O)c3ccco3)n2)cc1. The van der Waals surface area contributed by atoms with Crippen LogP contribution in [-0.2, 0) is 20.7 Å². The smallest absolute Gasteiger partial charge is 0.329 e. The Hall–Kier alpha value is -3.46. The molecule has 0 aliphatic heterocycles. The van der Waals surface area contributed by atoms with Crippen LogP contribution in [0.1, 0.15) is 36.9 Å². The fourth-order valence-electron chi connectivity index (χ4n) is 2.65. The zero-order valence-electron chi connectivity index (χ0n) is 17.4. The van der Waals surface area contributed by atoms with Gasteiger partial charge in [0.05, 0.1) is 12.0 Å². The van der Waals surface area contributed by atoms with Crippen molar-refractivity contribution in [3.05, 3.63) is 59.4 Å². The zero-order chi connectivity index (χ0) is 22.4. The Morgan fingerprint density at radius 1 is 1.16 bits per heavy atom. The van der Waals surface area contributed by atoms with Crippen molar-refractivity contribution in [2.45, 2.75) is 39.3 Å². The predicted octanol–water partition coefficient (Wildman–Crippen LogP) is 3.65. The second-order valence-corrected chi connectivity index (χ2v) is 7.69. The molecule has 162 valence electrons. The molecule has 0 aliphatic carbocycles. The lowest BCUT2D eigenvalue weighted by Gasteiger charge is -2.16. The molecule has 3 aromatic rings. The van der Waals surface area contributed by atoms with Crippen LogP contribution in [-0.4, -0.2) is 34.9 Å². The number of carbonyl (C=O) groups excluding carboxylic acids is 3. The van der Waals surface area contributed by atoms with Crippen LogP contribution < -0.4 is 10.6 Å². The lowest BCUT2D eigenvalue weighted by atomic mass is 10.1. The number of furan rings is 1. The molecule has 0 radical (unpaired) electrons. The first kappa shape index (κ1) is 22.2. The number of aryl methyl sites for hydroxylation is 1. The van der Waals surface area contributed by atoms with Crippen LogP contribution in [0.5, 0.6) is 0 Å². The molecule has 1 aromatic carbocycles. The molecule has 0 saturated heterocycles. The van der Waals surface area contributed by atoms with Crippen LogP contribution in [0.2, 0.25) is 0 Å². The van der Waals surface area contributed by atoms with E-state index in [2.05, 4.69) is 22.5 Å². The van der Waals surface area contributed by atoms with Crippen LogP contribution in [0.15, 0.2) is 52.5 Å². The molecule has 0 fully saturated rings. The van der Waals surface area contributed by atoms with Gasteiger partial charge >= 0.3 is 5.97 Å². The second-order valence-electron chi connectivity index (χ2n) is 6.83.